The molecule has 0 fully saturated rings. The van der Waals surface area contributed by atoms with Crippen LogP contribution in [0.2, 0.25) is 0 Å². The van der Waals surface area contributed by atoms with Gasteiger partial charge in [-0.05, 0) is 64.5 Å². The van der Waals surface area contributed by atoms with Crippen LogP contribution in [0.25, 0.3) is 0 Å². The molecular weight excluding hydrogens is 288 g/mol. The smallest absolute Gasteiger partial charge is 0.0244 e. The Bertz CT molecular complexity index is 574. The van der Waals surface area contributed by atoms with Crippen LogP contribution in [0.4, 0.5) is 0 Å². The van der Waals surface area contributed by atoms with Gasteiger partial charge in [0.25, 0.3) is 0 Å². The summed E-state index contributed by atoms with van der Waals surface area (Å²) >= 11 is 0. The van der Waals surface area contributed by atoms with Crippen molar-refractivity contribution in [2.45, 2.75) is 53.4 Å². The maximum atomic E-state index is 2.25. The molecule has 2 aromatic rings. The minimum atomic E-state index is 1.15. The second-order valence-electron chi connectivity index (χ2n) is 6.19. The minimum Gasteiger partial charge on any atom is -0.0917 e. The van der Waals surface area contributed by atoms with Crippen LogP contribution in [-0.2, 0) is 12.8 Å². The summed E-state index contributed by atoms with van der Waals surface area (Å²) in [4.78, 5) is 0. The zero-order chi connectivity index (χ0) is 17.6. The first-order chi connectivity index (χ1) is 11.7. The Labute approximate surface area is 148 Å². The molecule has 0 aliphatic heterocycles. The first-order valence-electron chi connectivity index (χ1n) is 8.99. The fourth-order valence-corrected chi connectivity index (χ4v) is 2.57. The van der Waals surface area contributed by atoms with Crippen molar-refractivity contribution >= 4 is 0 Å². The van der Waals surface area contributed by atoms with Gasteiger partial charge < -0.3 is 0 Å². The Morgan fingerprint density at radius 3 is 1.42 bits per heavy atom. The van der Waals surface area contributed by atoms with Gasteiger partial charge in [-0.15, -0.1) is 0 Å². The fourth-order valence-electron chi connectivity index (χ4n) is 2.57. The number of aryl methyl sites for hydroxylation is 4. The van der Waals surface area contributed by atoms with Crippen LogP contribution in [0.3, 0.4) is 0 Å². The van der Waals surface area contributed by atoms with E-state index in [1.54, 1.807) is 0 Å². The van der Waals surface area contributed by atoms with Crippen molar-refractivity contribution in [2.24, 2.45) is 0 Å². The van der Waals surface area contributed by atoms with Gasteiger partial charge in [-0.2, -0.15) is 0 Å². The van der Waals surface area contributed by atoms with E-state index in [9.17, 15) is 0 Å². The van der Waals surface area contributed by atoms with E-state index in [1.165, 1.54) is 22.3 Å². The van der Waals surface area contributed by atoms with E-state index in [0.29, 0.717) is 0 Å². The zero-order valence-electron chi connectivity index (χ0n) is 15.8. The molecule has 0 aromatic heterocycles. The molecule has 0 aliphatic carbocycles. The van der Waals surface area contributed by atoms with E-state index in [0.717, 1.165) is 25.7 Å². The average molecular weight is 321 g/mol. The van der Waals surface area contributed by atoms with E-state index in [-0.39, 0.29) is 0 Å². The number of rotatable bonds is 6. The highest BCUT2D eigenvalue weighted by atomic mass is 14.0. The molecule has 0 nitrogen and oxygen atoms in total. The molecule has 128 valence electrons. The Hall–Kier alpha value is -2.08. The molecule has 0 N–H and O–H groups in total. The van der Waals surface area contributed by atoms with Gasteiger partial charge in [0, 0.05) is 0 Å². The van der Waals surface area contributed by atoms with Crippen molar-refractivity contribution in [1.29, 1.82) is 0 Å². The van der Waals surface area contributed by atoms with Crippen molar-refractivity contribution < 1.29 is 0 Å². The standard InChI is InChI=1S/2C12H16/c2*1-3-4-5-8-12-9-6-7-11(2)10-12/h2*3-4,6-7,9-10H,5,8H2,1-2H3. The summed E-state index contributed by atoms with van der Waals surface area (Å²) in [6, 6.07) is 17.4. The normalized spacial score (nSPS) is 10.8. The van der Waals surface area contributed by atoms with E-state index in [4.69, 9.17) is 0 Å². The van der Waals surface area contributed by atoms with Crippen LogP contribution in [0, 0.1) is 13.8 Å². The van der Waals surface area contributed by atoms with Gasteiger partial charge in [-0.1, -0.05) is 84.0 Å². The van der Waals surface area contributed by atoms with Gasteiger partial charge in [0.1, 0.15) is 0 Å². The van der Waals surface area contributed by atoms with Gasteiger partial charge in [0.05, 0.1) is 0 Å². The second kappa shape index (κ2) is 12.4. The molecule has 0 atom stereocenters. The molecule has 0 unspecified atom stereocenters. The van der Waals surface area contributed by atoms with E-state index in [2.05, 4.69) is 101 Å². The van der Waals surface area contributed by atoms with Crippen molar-refractivity contribution in [2.75, 3.05) is 0 Å². The first-order valence-corrected chi connectivity index (χ1v) is 8.99. The summed E-state index contributed by atoms with van der Waals surface area (Å²) in [5, 5.41) is 0. The predicted octanol–water partition coefficient (Wildman–Crippen LogP) is 7.01. The van der Waals surface area contributed by atoms with Gasteiger partial charge in [-0.25, -0.2) is 0 Å². The lowest BCUT2D eigenvalue weighted by Gasteiger charge is -1.98. The molecular formula is C24H32. The van der Waals surface area contributed by atoms with Crippen LogP contribution in [-0.4, -0.2) is 0 Å². The van der Waals surface area contributed by atoms with Crippen LogP contribution >= 0.6 is 0 Å². The highest BCUT2D eigenvalue weighted by Gasteiger charge is 1.91. The highest BCUT2D eigenvalue weighted by molar-refractivity contribution is 5.23. The van der Waals surface area contributed by atoms with Gasteiger partial charge in [0.2, 0.25) is 0 Å². The maximum Gasteiger partial charge on any atom is -0.0244 e. The lowest BCUT2D eigenvalue weighted by atomic mass is 10.1. The molecule has 0 saturated carbocycles. The minimum absolute atomic E-state index is 1.15. The quantitative estimate of drug-likeness (QED) is 0.502. The summed E-state index contributed by atoms with van der Waals surface area (Å²) < 4.78 is 0. The summed E-state index contributed by atoms with van der Waals surface area (Å²) in [5.74, 6) is 0. The van der Waals surface area contributed by atoms with E-state index in [1.807, 2.05) is 0 Å². The summed E-state index contributed by atoms with van der Waals surface area (Å²) in [5.41, 5.74) is 5.59. The SMILES string of the molecule is CC=CCCc1cccc(C)c1.CC=CCCc1cccc(C)c1. The highest BCUT2D eigenvalue weighted by Crippen LogP contribution is 2.07. The van der Waals surface area contributed by atoms with Crippen molar-refractivity contribution in [3.8, 4) is 0 Å². The Morgan fingerprint density at radius 2 is 1.08 bits per heavy atom. The molecule has 0 amide bonds. The van der Waals surface area contributed by atoms with Crippen LogP contribution < -0.4 is 0 Å². The lowest BCUT2D eigenvalue weighted by Crippen LogP contribution is -1.83. The van der Waals surface area contributed by atoms with Crippen molar-refractivity contribution in [3.05, 3.63) is 95.1 Å². The Morgan fingerprint density at radius 1 is 0.667 bits per heavy atom. The first kappa shape index (κ1) is 20.0. The van der Waals surface area contributed by atoms with Gasteiger partial charge >= 0.3 is 0 Å². The topological polar surface area (TPSA) is 0 Å². The summed E-state index contributed by atoms with van der Waals surface area (Å²) in [7, 11) is 0. The third-order valence-corrected chi connectivity index (χ3v) is 3.84. The third kappa shape index (κ3) is 9.15. The van der Waals surface area contributed by atoms with Crippen LogP contribution in [0.1, 0.15) is 48.9 Å². The predicted molar refractivity (Wildman–Crippen MR) is 109 cm³/mol. The molecule has 0 spiro atoms. The zero-order valence-corrected chi connectivity index (χ0v) is 15.8. The largest absolute Gasteiger partial charge is 0.0917 e. The van der Waals surface area contributed by atoms with Crippen molar-refractivity contribution in [1.82, 2.24) is 0 Å². The Balaban J connectivity index is 0.000000240. The molecule has 2 rings (SSSR count). The fraction of sp³-hybridized carbons (Fsp3) is 0.333. The number of allylic oxidation sites excluding steroid dienone is 4. The second-order valence-corrected chi connectivity index (χ2v) is 6.19. The van der Waals surface area contributed by atoms with E-state index < -0.39 is 0 Å². The monoisotopic (exact) mass is 320 g/mol. The van der Waals surface area contributed by atoms with Crippen LogP contribution in [0.5, 0.6) is 0 Å². The van der Waals surface area contributed by atoms with Gasteiger partial charge in [-0.3, -0.25) is 0 Å². The molecule has 0 bridgehead atoms. The summed E-state index contributed by atoms with van der Waals surface area (Å²) in [6.07, 6.45) is 13.3. The van der Waals surface area contributed by atoms with Crippen molar-refractivity contribution in [3.63, 3.8) is 0 Å². The van der Waals surface area contributed by atoms with Gasteiger partial charge in [0.15, 0.2) is 0 Å². The third-order valence-electron chi connectivity index (χ3n) is 3.84. The van der Waals surface area contributed by atoms with Crippen LogP contribution in [0.15, 0.2) is 72.8 Å². The number of hydrogen-bond acceptors (Lipinski definition) is 0. The molecule has 24 heavy (non-hydrogen) atoms. The molecule has 2 aromatic carbocycles. The maximum absolute atomic E-state index is 2.25. The average Bonchev–Trinajstić information content (AvgIpc) is 2.56. The Kier molecular flexibility index (Phi) is 10.3. The number of benzene rings is 2. The molecule has 0 saturated heterocycles. The molecule has 0 heterocycles. The lowest BCUT2D eigenvalue weighted by molar-refractivity contribution is 0.996. The molecule has 0 aliphatic rings. The van der Waals surface area contributed by atoms with E-state index >= 15 is 0 Å². The number of hydrogen-bond donors (Lipinski definition) is 0. The summed E-state index contributed by atoms with van der Waals surface area (Å²) in [6.45, 7) is 8.41. The molecule has 0 heteroatoms. The molecule has 0 radical (unpaired) electrons.